The van der Waals surface area contributed by atoms with Crippen LogP contribution < -0.4 is 4.74 Å². The molecule has 1 saturated heterocycles. The second-order valence-electron chi connectivity index (χ2n) is 6.32. The van der Waals surface area contributed by atoms with Crippen molar-refractivity contribution in [2.75, 3.05) is 26.7 Å². The Hall–Kier alpha value is -1.52. The molecular formula is C18H26N2O2. The van der Waals surface area contributed by atoms with E-state index in [0.29, 0.717) is 0 Å². The molecule has 2 aromatic rings. The largest absolute Gasteiger partial charge is 0.497 e. The number of benzene rings is 1. The summed E-state index contributed by atoms with van der Waals surface area (Å²) in [5, 5.41) is 11.9. The van der Waals surface area contributed by atoms with Crippen molar-refractivity contribution in [3.8, 4) is 5.75 Å². The molecule has 1 aromatic heterocycles. The first-order valence-electron chi connectivity index (χ1n) is 8.15. The summed E-state index contributed by atoms with van der Waals surface area (Å²) in [6.45, 7) is 5.01. The van der Waals surface area contributed by atoms with Gasteiger partial charge in [0.15, 0.2) is 0 Å². The second-order valence-corrected chi connectivity index (χ2v) is 6.32. The highest BCUT2D eigenvalue weighted by Gasteiger charge is 2.22. The Morgan fingerprint density at radius 3 is 2.64 bits per heavy atom. The van der Waals surface area contributed by atoms with Crippen LogP contribution in [0.4, 0.5) is 0 Å². The van der Waals surface area contributed by atoms with E-state index >= 15 is 0 Å². The first-order valence-corrected chi connectivity index (χ1v) is 8.15. The van der Waals surface area contributed by atoms with Gasteiger partial charge in [-0.2, -0.15) is 0 Å². The molecule has 120 valence electrons. The highest BCUT2D eigenvalue weighted by atomic mass is 16.5. The normalized spacial score (nSPS) is 17.8. The van der Waals surface area contributed by atoms with Crippen molar-refractivity contribution in [2.45, 2.75) is 32.3 Å². The quantitative estimate of drug-likeness (QED) is 0.943. The molecule has 3 rings (SSSR count). The minimum atomic E-state index is -0.450. The molecule has 0 saturated carbocycles. The summed E-state index contributed by atoms with van der Waals surface area (Å²) in [6.07, 6.45) is 3.36. The van der Waals surface area contributed by atoms with Crippen molar-refractivity contribution in [1.82, 2.24) is 9.47 Å². The molecule has 1 aliphatic rings. The maximum atomic E-state index is 10.8. The minimum absolute atomic E-state index is 0.450. The van der Waals surface area contributed by atoms with E-state index in [2.05, 4.69) is 29.5 Å². The van der Waals surface area contributed by atoms with Gasteiger partial charge in [0.25, 0.3) is 0 Å². The van der Waals surface area contributed by atoms with E-state index in [1.54, 1.807) is 7.11 Å². The summed E-state index contributed by atoms with van der Waals surface area (Å²) in [5.41, 5.74) is 3.32. The van der Waals surface area contributed by atoms with E-state index in [0.717, 1.165) is 47.5 Å². The van der Waals surface area contributed by atoms with Gasteiger partial charge in [-0.05, 0) is 51.1 Å². The molecule has 0 bridgehead atoms. The van der Waals surface area contributed by atoms with Crippen molar-refractivity contribution >= 4 is 10.9 Å². The van der Waals surface area contributed by atoms with Crippen LogP contribution in [0.1, 0.15) is 36.6 Å². The van der Waals surface area contributed by atoms with Crippen LogP contribution in [-0.2, 0) is 7.05 Å². The third-order valence-electron chi connectivity index (χ3n) is 4.96. The van der Waals surface area contributed by atoms with Crippen LogP contribution in [0.5, 0.6) is 5.75 Å². The molecule has 1 unspecified atom stereocenters. The zero-order chi connectivity index (χ0) is 15.7. The predicted octanol–water partition coefficient (Wildman–Crippen LogP) is 3.01. The van der Waals surface area contributed by atoms with Crippen LogP contribution in [0.15, 0.2) is 18.2 Å². The fourth-order valence-corrected chi connectivity index (χ4v) is 3.61. The average molecular weight is 302 g/mol. The Morgan fingerprint density at radius 2 is 1.95 bits per heavy atom. The number of hydrogen-bond acceptors (Lipinski definition) is 3. The number of methoxy groups -OCH3 is 1. The fourth-order valence-electron chi connectivity index (χ4n) is 3.61. The molecule has 22 heavy (non-hydrogen) atoms. The van der Waals surface area contributed by atoms with Crippen LogP contribution in [0, 0.1) is 6.92 Å². The van der Waals surface area contributed by atoms with Gasteiger partial charge in [-0.15, -0.1) is 0 Å². The lowest BCUT2D eigenvalue weighted by atomic mass is 10.0. The molecule has 0 aliphatic carbocycles. The Balaban J connectivity index is 1.95. The first kappa shape index (κ1) is 15.4. The number of piperidine rings is 1. The van der Waals surface area contributed by atoms with E-state index in [1.807, 2.05) is 12.1 Å². The number of aliphatic hydroxyl groups is 1. The van der Waals surface area contributed by atoms with Gasteiger partial charge in [0.2, 0.25) is 0 Å². The lowest BCUT2D eigenvalue weighted by molar-refractivity contribution is 0.102. The lowest BCUT2D eigenvalue weighted by Crippen LogP contribution is -2.33. The summed E-state index contributed by atoms with van der Waals surface area (Å²) in [4.78, 5) is 2.38. The molecule has 4 heteroatoms. The monoisotopic (exact) mass is 302 g/mol. The maximum absolute atomic E-state index is 10.8. The van der Waals surface area contributed by atoms with Crippen LogP contribution >= 0.6 is 0 Å². The van der Waals surface area contributed by atoms with E-state index < -0.39 is 6.10 Å². The Kier molecular flexibility index (Phi) is 4.41. The number of likely N-dealkylation sites (tertiary alicyclic amines) is 1. The summed E-state index contributed by atoms with van der Waals surface area (Å²) in [7, 11) is 3.74. The zero-order valence-electron chi connectivity index (χ0n) is 13.8. The Morgan fingerprint density at radius 1 is 1.23 bits per heavy atom. The molecule has 1 fully saturated rings. The van der Waals surface area contributed by atoms with Gasteiger partial charge in [-0.25, -0.2) is 0 Å². The van der Waals surface area contributed by atoms with Gasteiger partial charge in [-0.1, -0.05) is 6.42 Å². The van der Waals surface area contributed by atoms with Crippen LogP contribution in [0.25, 0.3) is 10.9 Å². The van der Waals surface area contributed by atoms with Gasteiger partial charge in [-0.3, -0.25) is 0 Å². The van der Waals surface area contributed by atoms with Gasteiger partial charge in [0, 0.05) is 35.8 Å². The van der Waals surface area contributed by atoms with Crippen molar-refractivity contribution < 1.29 is 9.84 Å². The van der Waals surface area contributed by atoms with Crippen LogP contribution in [0.3, 0.4) is 0 Å². The number of aryl methyl sites for hydroxylation is 1. The highest BCUT2D eigenvalue weighted by Crippen LogP contribution is 2.33. The standard InChI is InChI=1S/C18H26N2O2/c1-13-18(17(21)12-20-9-5-4-6-10-20)15-11-14(22-3)7-8-16(15)19(13)2/h7-8,11,17,21H,4-6,9-10,12H2,1-3H3. The van der Waals surface area contributed by atoms with Gasteiger partial charge in [0.05, 0.1) is 13.2 Å². The second kappa shape index (κ2) is 6.31. The van der Waals surface area contributed by atoms with Crippen molar-refractivity contribution in [3.63, 3.8) is 0 Å². The number of aliphatic hydroxyl groups excluding tert-OH is 1. The lowest BCUT2D eigenvalue weighted by Gasteiger charge is -2.28. The molecule has 1 aliphatic heterocycles. The van der Waals surface area contributed by atoms with Crippen LogP contribution in [0.2, 0.25) is 0 Å². The number of ether oxygens (including phenoxy) is 1. The molecule has 2 heterocycles. The first-order chi connectivity index (χ1) is 10.6. The zero-order valence-corrected chi connectivity index (χ0v) is 13.8. The van der Waals surface area contributed by atoms with Gasteiger partial charge >= 0.3 is 0 Å². The number of β-amino-alcohol motifs (C(OH)–C–C–N with tert-alkyl or cyclic N) is 1. The van der Waals surface area contributed by atoms with Gasteiger partial charge < -0.3 is 19.3 Å². The SMILES string of the molecule is COc1ccc2c(c1)c(C(O)CN1CCCCC1)c(C)n2C. The smallest absolute Gasteiger partial charge is 0.119 e. The third-order valence-corrected chi connectivity index (χ3v) is 4.96. The average Bonchev–Trinajstić information content (AvgIpc) is 2.79. The van der Waals surface area contributed by atoms with Gasteiger partial charge in [0.1, 0.15) is 5.75 Å². The summed E-state index contributed by atoms with van der Waals surface area (Å²) in [6, 6.07) is 6.08. The van der Waals surface area contributed by atoms with Crippen molar-refractivity contribution in [1.29, 1.82) is 0 Å². The molecule has 4 nitrogen and oxygen atoms in total. The Labute approximate surface area is 132 Å². The predicted molar refractivity (Wildman–Crippen MR) is 89.5 cm³/mol. The number of rotatable bonds is 4. The van der Waals surface area contributed by atoms with E-state index in [4.69, 9.17) is 4.74 Å². The molecule has 1 N–H and O–H groups in total. The van der Waals surface area contributed by atoms with Crippen molar-refractivity contribution in [2.24, 2.45) is 7.05 Å². The fraction of sp³-hybridized carbons (Fsp3) is 0.556. The molecule has 0 radical (unpaired) electrons. The molecule has 1 aromatic carbocycles. The topological polar surface area (TPSA) is 37.6 Å². The van der Waals surface area contributed by atoms with Crippen molar-refractivity contribution in [3.05, 3.63) is 29.5 Å². The molecule has 0 amide bonds. The molecular weight excluding hydrogens is 276 g/mol. The van der Waals surface area contributed by atoms with E-state index in [9.17, 15) is 5.11 Å². The Bertz CT molecular complexity index is 657. The number of hydrogen-bond donors (Lipinski definition) is 1. The maximum Gasteiger partial charge on any atom is 0.119 e. The highest BCUT2D eigenvalue weighted by molar-refractivity contribution is 5.87. The summed E-state index contributed by atoms with van der Waals surface area (Å²) in [5.74, 6) is 0.838. The summed E-state index contributed by atoms with van der Waals surface area (Å²) >= 11 is 0. The van der Waals surface area contributed by atoms with E-state index in [-0.39, 0.29) is 0 Å². The number of nitrogens with zero attached hydrogens (tertiary/aromatic N) is 2. The van der Waals surface area contributed by atoms with E-state index in [1.165, 1.54) is 19.3 Å². The number of aromatic nitrogens is 1. The third kappa shape index (κ3) is 2.73. The number of fused-ring (bicyclic) bond motifs is 1. The molecule has 0 spiro atoms. The van der Waals surface area contributed by atoms with Crippen LogP contribution in [-0.4, -0.2) is 41.3 Å². The summed E-state index contributed by atoms with van der Waals surface area (Å²) < 4.78 is 7.51. The minimum Gasteiger partial charge on any atom is -0.497 e. The molecule has 1 atom stereocenters.